The highest BCUT2D eigenvalue weighted by molar-refractivity contribution is 5.48. The molecule has 80 valence electrons. The van der Waals surface area contributed by atoms with Gasteiger partial charge in [-0.05, 0) is 25.0 Å². The van der Waals surface area contributed by atoms with Crippen LogP contribution < -0.4 is 10.2 Å². The monoisotopic (exact) mass is 204 g/mol. The molecule has 2 rings (SSSR count). The van der Waals surface area contributed by atoms with Crippen LogP contribution in [0.3, 0.4) is 0 Å². The van der Waals surface area contributed by atoms with Crippen LogP contribution in [0.2, 0.25) is 0 Å². The van der Waals surface area contributed by atoms with Crippen LogP contribution in [0, 0.1) is 0 Å². The van der Waals surface area contributed by atoms with E-state index in [9.17, 15) is 4.79 Å². The van der Waals surface area contributed by atoms with Crippen LogP contribution in [0.5, 0.6) is 0 Å². The number of hydrogen-bond donors (Lipinski definition) is 1. The maximum Gasteiger partial charge on any atom is 0.207 e. The van der Waals surface area contributed by atoms with Crippen LogP contribution in [0.25, 0.3) is 0 Å². The van der Waals surface area contributed by atoms with Gasteiger partial charge in [0.1, 0.15) is 0 Å². The summed E-state index contributed by atoms with van der Waals surface area (Å²) >= 11 is 0. The number of carbonyl (C=O) groups is 1. The predicted octanol–water partition coefficient (Wildman–Crippen LogP) is 1.40. The fraction of sp³-hybridized carbons (Fsp3) is 0.417. The van der Waals surface area contributed by atoms with E-state index in [1.54, 1.807) is 0 Å². The number of nitrogens with one attached hydrogen (secondary N) is 1. The Morgan fingerprint density at radius 3 is 2.47 bits per heavy atom. The lowest BCUT2D eigenvalue weighted by Gasteiger charge is -2.33. The lowest BCUT2D eigenvalue weighted by molar-refractivity contribution is -0.110. The normalized spacial score (nSPS) is 17.5. The number of hydrogen-bond acceptors (Lipinski definition) is 2. The molecule has 1 amide bonds. The molecule has 1 N–H and O–H groups in total. The SMILES string of the molecule is O=CNC1CCN(c2ccccc2)CC1. The number of anilines is 1. The Labute approximate surface area is 90.1 Å². The molecule has 0 aliphatic carbocycles. The van der Waals surface area contributed by atoms with Gasteiger partial charge in [0.05, 0.1) is 0 Å². The molecular weight excluding hydrogens is 188 g/mol. The molecule has 0 atom stereocenters. The van der Waals surface area contributed by atoms with E-state index in [1.165, 1.54) is 5.69 Å². The van der Waals surface area contributed by atoms with Crippen molar-refractivity contribution in [3.8, 4) is 0 Å². The summed E-state index contributed by atoms with van der Waals surface area (Å²) in [7, 11) is 0. The molecule has 0 radical (unpaired) electrons. The Morgan fingerprint density at radius 2 is 1.87 bits per heavy atom. The molecule has 0 bridgehead atoms. The highest BCUT2D eigenvalue weighted by Crippen LogP contribution is 2.18. The largest absolute Gasteiger partial charge is 0.371 e. The van der Waals surface area contributed by atoms with Gasteiger partial charge in [-0.1, -0.05) is 18.2 Å². The fourth-order valence-corrected chi connectivity index (χ4v) is 2.04. The minimum absolute atomic E-state index is 0.363. The summed E-state index contributed by atoms with van der Waals surface area (Å²) in [6.45, 7) is 2.05. The van der Waals surface area contributed by atoms with E-state index in [4.69, 9.17) is 0 Å². The summed E-state index contributed by atoms with van der Waals surface area (Å²) in [5.74, 6) is 0. The van der Waals surface area contributed by atoms with Crippen molar-refractivity contribution in [3.05, 3.63) is 30.3 Å². The van der Waals surface area contributed by atoms with Gasteiger partial charge in [-0.3, -0.25) is 4.79 Å². The third-order valence-electron chi connectivity index (χ3n) is 2.92. The first-order chi connectivity index (χ1) is 7.40. The maximum atomic E-state index is 10.3. The van der Waals surface area contributed by atoms with Crippen molar-refractivity contribution in [2.75, 3.05) is 18.0 Å². The number of piperidine rings is 1. The molecule has 1 aliphatic heterocycles. The molecule has 3 heteroatoms. The molecule has 15 heavy (non-hydrogen) atoms. The van der Waals surface area contributed by atoms with Gasteiger partial charge in [0, 0.05) is 24.8 Å². The third kappa shape index (κ3) is 2.49. The molecule has 1 saturated heterocycles. The minimum atomic E-state index is 0.363. The summed E-state index contributed by atoms with van der Waals surface area (Å²) in [5, 5.41) is 2.85. The van der Waals surface area contributed by atoms with Crippen LogP contribution >= 0.6 is 0 Å². The quantitative estimate of drug-likeness (QED) is 0.755. The summed E-state index contributed by atoms with van der Waals surface area (Å²) in [6.07, 6.45) is 2.88. The van der Waals surface area contributed by atoms with Gasteiger partial charge < -0.3 is 10.2 Å². The molecule has 1 aromatic rings. The zero-order valence-corrected chi connectivity index (χ0v) is 8.73. The Balaban J connectivity index is 1.91. The first-order valence-electron chi connectivity index (χ1n) is 5.40. The molecule has 1 heterocycles. The van der Waals surface area contributed by atoms with Crippen molar-refractivity contribution in [3.63, 3.8) is 0 Å². The zero-order valence-electron chi connectivity index (χ0n) is 8.73. The highest BCUT2D eigenvalue weighted by Gasteiger charge is 2.18. The van der Waals surface area contributed by atoms with Gasteiger partial charge in [0.15, 0.2) is 0 Å². The van der Waals surface area contributed by atoms with E-state index < -0.39 is 0 Å². The second-order valence-corrected chi connectivity index (χ2v) is 3.88. The second kappa shape index (κ2) is 4.82. The molecule has 0 spiro atoms. The number of amides is 1. The topological polar surface area (TPSA) is 32.3 Å². The van der Waals surface area contributed by atoms with Crippen LogP contribution in [0.4, 0.5) is 5.69 Å². The lowest BCUT2D eigenvalue weighted by Crippen LogP contribution is -2.42. The minimum Gasteiger partial charge on any atom is -0.371 e. The van der Waals surface area contributed by atoms with Crippen molar-refractivity contribution < 1.29 is 4.79 Å². The first kappa shape index (κ1) is 10.0. The van der Waals surface area contributed by atoms with Crippen molar-refractivity contribution in [1.82, 2.24) is 5.32 Å². The average Bonchev–Trinajstić information content (AvgIpc) is 2.32. The molecular formula is C12H16N2O. The van der Waals surface area contributed by atoms with Crippen LogP contribution in [-0.4, -0.2) is 25.5 Å². The van der Waals surface area contributed by atoms with Gasteiger partial charge in [-0.25, -0.2) is 0 Å². The molecule has 3 nitrogen and oxygen atoms in total. The van der Waals surface area contributed by atoms with E-state index in [0.29, 0.717) is 6.04 Å². The number of carbonyl (C=O) groups excluding carboxylic acids is 1. The van der Waals surface area contributed by atoms with E-state index in [0.717, 1.165) is 32.3 Å². The number of rotatable bonds is 3. The standard InChI is InChI=1S/C12H16N2O/c15-10-13-11-6-8-14(9-7-11)12-4-2-1-3-5-12/h1-5,10-11H,6-9H2,(H,13,15). The number of para-hydroxylation sites is 1. The molecule has 1 aliphatic rings. The molecule has 1 aromatic carbocycles. The highest BCUT2D eigenvalue weighted by atomic mass is 16.1. The van der Waals surface area contributed by atoms with Gasteiger partial charge in [-0.15, -0.1) is 0 Å². The molecule has 0 saturated carbocycles. The lowest BCUT2D eigenvalue weighted by atomic mass is 10.0. The van der Waals surface area contributed by atoms with Crippen molar-refractivity contribution in [1.29, 1.82) is 0 Å². The Bertz CT molecular complexity index is 305. The van der Waals surface area contributed by atoms with E-state index in [-0.39, 0.29) is 0 Å². The number of benzene rings is 1. The first-order valence-corrected chi connectivity index (χ1v) is 5.40. The molecule has 0 unspecified atom stereocenters. The average molecular weight is 204 g/mol. The summed E-state index contributed by atoms with van der Waals surface area (Å²) in [6, 6.07) is 10.8. The summed E-state index contributed by atoms with van der Waals surface area (Å²) in [5.41, 5.74) is 1.28. The Hall–Kier alpha value is -1.51. The van der Waals surface area contributed by atoms with Crippen molar-refractivity contribution in [2.24, 2.45) is 0 Å². The van der Waals surface area contributed by atoms with Crippen LogP contribution in [-0.2, 0) is 4.79 Å². The third-order valence-corrected chi connectivity index (χ3v) is 2.92. The van der Waals surface area contributed by atoms with E-state index in [1.807, 2.05) is 6.07 Å². The Morgan fingerprint density at radius 1 is 1.20 bits per heavy atom. The number of nitrogens with zero attached hydrogens (tertiary/aromatic N) is 1. The Kier molecular flexibility index (Phi) is 3.22. The van der Waals surface area contributed by atoms with Crippen LogP contribution in [0.15, 0.2) is 30.3 Å². The summed E-state index contributed by atoms with van der Waals surface area (Å²) in [4.78, 5) is 12.7. The predicted molar refractivity (Wildman–Crippen MR) is 60.9 cm³/mol. The smallest absolute Gasteiger partial charge is 0.207 e. The molecule has 1 fully saturated rings. The van der Waals surface area contributed by atoms with Gasteiger partial charge in [-0.2, -0.15) is 0 Å². The molecule has 0 aromatic heterocycles. The summed E-state index contributed by atoms with van der Waals surface area (Å²) < 4.78 is 0. The van der Waals surface area contributed by atoms with Gasteiger partial charge in [0.25, 0.3) is 0 Å². The second-order valence-electron chi connectivity index (χ2n) is 3.88. The van der Waals surface area contributed by atoms with E-state index >= 15 is 0 Å². The van der Waals surface area contributed by atoms with Gasteiger partial charge in [0.2, 0.25) is 6.41 Å². The van der Waals surface area contributed by atoms with Crippen molar-refractivity contribution >= 4 is 12.1 Å². The fourth-order valence-electron chi connectivity index (χ4n) is 2.04. The van der Waals surface area contributed by atoms with Crippen LogP contribution in [0.1, 0.15) is 12.8 Å². The maximum absolute atomic E-state index is 10.3. The zero-order chi connectivity index (χ0) is 10.5. The van der Waals surface area contributed by atoms with E-state index in [2.05, 4.69) is 34.5 Å². The van der Waals surface area contributed by atoms with Crippen molar-refractivity contribution in [2.45, 2.75) is 18.9 Å². The van der Waals surface area contributed by atoms with Gasteiger partial charge >= 0.3 is 0 Å².